The number of carbonyl (C=O) groups excluding carboxylic acids is 1. The van der Waals surface area contributed by atoms with Gasteiger partial charge in [-0.2, -0.15) is 0 Å². The summed E-state index contributed by atoms with van der Waals surface area (Å²) in [5.41, 5.74) is 0.955. The van der Waals surface area contributed by atoms with E-state index in [2.05, 4.69) is 20.3 Å². The number of nitrogens with one attached hydrogen (secondary N) is 1. The van der Waals surface area contributed by atoms with Crippen molar-refractivity contribution in [2.45, 2.75) is 39.2 Å². The average Bonchev–Trinajstić information content (AvgIpc) is 3.17. The second kappa shape index (κ2) is 9.07. The van der Waals surface area contributed by atoms with E-state index in [1.54, 1.807) is 6.07 Å². The zero-order valence-electron chi connectivity index (χ0n) is 17.7. The molecule has 1 aliphatic heterocycles. The summed E-state index contributed by atoms with van der Waals surface area (Å²) in [5.74, 6) is 0.465. The molecule has 4 rings (SSSR count). The summed E-state index contributed by atoms with van der Waals surface area (Å²) in [4.78, 5) is 26.3. The van der Waals surface area contributed by atoms with Gasteiger partial charge in [-0.3, -0.25) is 4.79 Å². The van der Waals surface area contributed by atoms with Crippen LogP contribution in [-0.2, 0) is 9.84 Å². The highest BCUT2D eigenvalue weighted by Gasteiger charge is 2.27. The Balaban J connectivity index is 1.56. The van der Waals surface area contributed by atoms with E-state index in [1.807, 2.05) is 13.8 Å². The number of halogens is 1. The van der Waals surface area contributed by atoms with Crippen LogP contribution in [0.15, 0.2) is 24.5 Å². The lowest BCUT2D eigenvalue weighted by Crippen LogP contribution is -2.24. The molecule has 0 spiro atoms. The molecule has 32 heavy (non-hydrogen) atoms. The summed E-state index contributed by atoms with van der Waals surface area (Å²) in [6.45, 7) is 3.69. The van der Waals surface area contributed by atoms with Crippen LogP contribution in [0.25, 0.3) is 10.3 Å². The van der Waals surface area contributed by atoms with Gasteiger partial charge in [-0.05, 0) is 44.7 Å². The molecule has 2 aromatic heterocycles. The number of aromatic nitrogens is 3. The van der Waals surface area contributed by atoms with Crippen LogP contribution in [0.3, 0.4) is 0 Å². The summed E-state index contributed by atoms with van der Waals surface area (Å²) in [5, 5.41) is 3.43. The zero-order chi connectivity index (χ0) is 22.9. The summed E-state index contributed by atoms with van der Waals surface area (Å²) in [6, 6.07) is 4.16. The van der Waals surface area contributed by atoms with E-state index in [0.29, 0.717) is 45.5 Å². The lowest BCUT2D eigenvalue weighted by Gasteiger charge is -2.20. The largest absolute Gasteiger partial charge is 0.489 e. The lowest BCUT2D eigenvalue weighted by atomic mass is 9.96. The second-order valence-corrected chi connectivity index (χ2v) is 11.3. The van der Waals surface area contributed by atoms with E-state index < -0.39 is 15.7 Å². The van der Waals surface area contributed by atoms with Crippen molar-refractivity contribution >= 4 is 48.8 Å². The summed E-state index contributed by atoms with van der Waals surface area (Å²) in [6.07, 6.45) is 2.47. The molecule has 1 aromatic carbocycles. The lowest BCUT2D eigenvalue weighted by molar-refractivity contribution is 0.0958. The molecule has 1 N–H and O–H groups in total. The molecule has 3 heterocycles. The van der Waals surface area contributed by atoms with Crippen molar-refractivity contribution in [3.63, 3.8) is 0 Å². The number of hydrogen-bond donors (Lipinski definition) is 1. The van der Waals surface area contributed by atoms with Crippen molar-refractivity contribution in [1.29, 1.82) is 0 Å². The molecule has 1 saturated heterocycles. The molecule has 0 atom stereocenters. The fourth-order valence-electron chi connectivity index (χ4n) is 3.54. The number of fused-ring (bicyclic) bond motifs is 1. The smallest absolute Gasteiger partial charge is 0.191 e. The Bertz CT molecular complexity index is 1250. The van der Waals surface area contributed by atoms with E-state index in [-0.39, 0.29) is 35.7 Å². The normalized spacial score (nSPS) is 16.4. The number of nitrogens with zero attached hydrogens (tertiary/aromatic N) is 3. The first kappa shape index (κ1) is 22.5. The van der Waals surface area contributed by atoms with E-state index in [9.17, 15) is 17.6 Å². The van der Waals surface area contributed by atoms with Crippen LogP contribution < -0.4 is 10.1 Å². The molecule has 8 nitrogen and oxygen atoms in total. The molecule has 170 valence electrons. The molecule has 0 amide bonds. The Morgan fingerprint density at radius 3 is 2.75 bits per heavy atom. The van der Waals surface area contributed by atoms with Crippen molar-refractivity contribution in [2.24, 2.45) is 5.92 Å². The van der Waals surface area contributed by atoms with Crippen LogP contribution in [0.4, 0.5) is 15.9 Å². The number of anilines is 2. The molecule has 1 aliphatic rings. The fourth-order valence-corrected chi connectivity index (χ4v) is 5.98. The number of ether oxygens (including phenoxy) is 1. The van der Waals surface area contributed by atoms with Gasteiger partial charge in [0.2, 0.25) is 0 Å². The van der Waals surface area contributed by atoms with Crippen molar-refractivity contribution in [1.82, 2.24) is 15.0 Å². The predicted molar refractivity (Wildman–Crippen MR) is 121 cm³/mol. The van der Waals surface area contributed by atoms with Gasteiger partial charge in [0, 0.05) is 12.5 Å². The molecular weight excluding hydrogens is 455 g/mol. The van der Waals surface area contributed by atoms with Crippen LogP contribution in [0.1, 0.15) is 42.9 Å². The van der Waals surface area contributed by atoms with Gasteiger partial charge in [-0.1, -0.05) is 11.3 Å². The number of sulfone groups is 1. The Morgan fingerprint density at radius 1 is 1.28 bits per heavy atom. The van der Waals surface area contributed by atoms with Gasteiger partial charge in [0.15, 0.2) is 16.6 Å². The minimum atomic E-state index is -2.97. The maximum Gasteiger partial charge on any atom is 0.191 e. The van der Waals surface area contributed by atoms with Crippen LogP contribution in [0.2, 0.25) is 0 Å². The molecular formula is C21H23FN4O4S2. The van der Waals surface area contributed by atoms with Gasteiger partial charge < -0.3 is 10.1 Å². The first-order valence-corrected chi connectivity index (χ1v) is 12.9. The Labute approximate surface area is 189 Å². The number of benzene rings is 1. The molecule has 0 saturated carbocycles. The average molecular weight is 479 g/mol. The third kappa shape index (κ3) is 5.21. The van der Waals surface area contributed by atoms with Crippen molar-refractivity contribution in [2.75, 3.05) is 16.8 Å². The summed E-state index contributed by atoms with van der Waals surface area (Å²) >= 11 is 1.17. The van der Waals surface area contributed by atoms with Gasteiger partial charge in [0.05, 0.1) is 23.3 Å². The topological polar surface area (TPSA) is 111 Å². The van der Waals surface area contributed by atoms with Gasteiger partial charge in [-0.25, -0.2) is 27.8 Å². The van der Waals surface area contributed by atoms with E-state index in [0.717, 1.165) is 0 Å². The Kier molecular flexibility index (Phi) is 6.38. The zero-order valence-corrected chi connectivity index (χ0v) is 19.3. The molecule has 3 aromatic rings. The van der Waals surface area contributed by atoms with Crippen LogP contribution in [0, 0.1) is 11.7 Å². The van der Waals surface area contributed by atoms with E-state index >= 15 is 0 Å². The molecule has 11 heteroatoms. The summed E-state index contributed by atoms with van der Waals surface area (Å²) in [7, 11) is -2.97. The molecule has 0 aliphatic carbocycles. The third-order valence-corrected chi connectivity index (χ3v) is 7.86. The van der Waals surface area contributed by atoms with Crippen molar-refractivity contribution in [3.8, 4) is 5.75 Å². The highest BCUT2D eigenvalue weighted by Crippen LogP contribution is 2.33. The monoisotopic (exact) mass is 478 g/mol. The number of rotatable bonds is 7. The van der Waals surface area contributed by atoms with Crippen LogP contribution in [0.5, 0.6) is 5.75 Å². The van der Waals surface area contributed by atoms with Crippen LogP contribution >= 0.6 is 11.3 Å². The standard InChI is InChI=1S/C21H23FN4O4S2/c1-12(2)30-17-10-14(22)3-4-15(17)25-19-18-21(24-11-23-19)31-20(26-18)16(27)9-13-5-7-32(28,29)8-6-13/h3-4,10-13H,5-9H2,1-2H3,(H,23,24,25). The van der Waals surface area contributed by atoms with Gasteiger partial charge in [0.25, 0.3) is 0 Å². The highest BCUT2D eigenvalue weighted by molar-refractivity contribution is 7.91. The minimum Gasteiger partial charge on any atom is -0.489 e. The fraction of sp³-hybridized carbons (Fsp3) is 0.429. The maximum atomic E-state index is 13.7. The Morgan fingerprint density at radius 2 is 2.03 bits per heavy atom. The van der Waals surface area contributed by atoms with Gasteiger partial charge in [-0.15, -0.1) is 0 Å². The third-order valence-electron chi connectivity index (χ3n) is 5.14. The van der Waals surface area contributed by atoms with Crippen molar-refractivity contribution in [3.05, 3.63) is 35.4 Å². The van der Waals surface area contributed by atoms with E-state index in [1.165, 1.54) is 29.8 Å². The molecule has 1 fully saturated rings. The molecule has 0 unspecified atom stereocenters. The van der Waals surface area contributed by atoms with Crippen LogP contribution in [-0.4, -0.2) is 46.8 Å². The number of hydrogen-bond acceptors (Lipinski definition) is 9. The second-order valence-electron chi connectivity index (χ2n) is 8.05. The number of thiazole rings is 1. The van der Waals surface area contributed by atoms with E-state index in [4.69, 9.17) is 4.74 Å². The minimum absolute atomic E-state index is 0.0386. The van der Waals surface area contributed by atoms with Gasteiger partial charge >= 0.3 is 0 Å². The quantitative estimate of drug-likeness (QED) is 0.504. The highest BCUT2D eigenvalue weighted by atomic mass is 32.2. The Hall–Kier alpha value is -2.66. The first-order valence-electron chi connectivity index (χ1n) is 10.3. The predicted octanol–water partition coefficient (Wildman–Crippen LogP) is 4.15. The SMILES string of the molecule is CC(C)Oc1cc(F)ccc1Nc1ncnc2sc(C(=O)CC3CCS(=O)(=O)CC3)nc12. The number of carbonyl (C=O) groups is 1. The summed E-state index contributed by atoms with van der Waals surface area (Å²) < 4.78 is 42.6. The molecule has 0 bridgehead atoms. The maximum absolute atomic E-state index is 13.7. The number of Topliss-reactive ketones (excluding diaryl/α,β-unsaturated/α-hetero) is 1. The van der Waals surface area contributed by atoms with Gasteiger partial charge in [0.1, 0.15) is 38.1 Å². The van der Waals surface area contributed by atoms with Crippen molar-refractivity contribution < 1.29 is 22.3 Å². The number of ketones is 1. The molecule has 0 radical (unpaired) electrons. The first-order chi connectivity index (χ1) is 15.2.